The number of halogens is 3. The van der Waals surface area contributed by atoms with Crippen LogP contribution in [0.4, 0.5) is 19.0 Å². The summed E-state index contributed by atoms with van der Waals surface area (Å²) in [7, 11) is 0. The molecule has 1 saturated heterocycles. The lowest BCUT2D eigenvalue weighted by atomic mass is 10.2. The van der Waals surface area contributed by atoms with E-state index in [2.05, 4.69) is 4.98 Å². The largest absolute Gasteiger partial charge is 0.417 e. The molecule has 1 aliphatic carbocycles. The first-order valence-electron chi connectivity index (χ1n) is 7.02. The summed E-state index contributed by atoms with van der Waals surface area (Å²) in [5.41, 5.74) is -0.742. The molecule has 0 radical (unpaired) electrons. The number of carbonyl (C=O) groups excluding carboxylic acids is 1. The van der Waals surface area contributed by atoms with Crippen molar-refractivity contribution in [1.82, 2.24) is 9.88 Å². The van der Waals surface area contributed by atoms with Gasteiger partial charge in [-0.25, -0.2) is 4.98 Å². The van der Waals surface area contributed by atoms with E-state index < -0.39 is 11.7 Å². The Morgan fingerprint density at radius 3 is 2.29 bits per heavy atom. The molecule has 0 bridgehead atoms. The van der Waals surface area contributed by atoms with Crippen LogP contribution in [0.15, 0.2) is 18.3 Å². The molecule has 0 atom stereocenters. The first-order chi connectivity index (χ1) is 9.95. The monoisotopic (exact) mass is 299 g/mol. The fourth-order valence-electron chi connectivity index (χ4n) is 2.49. The summed E-state index contributed by atoms with van der Waals surface area (Å²) < 4.78 is 37.5. The second-order valence-corrected chi connectivity index (χ2v) is 5.49. The fraction of sp³-hybridized carbons (Fsp3) is 0.571. The molecule has 0 aromatic carbocycles. The number of carbonyl (C=O) groups is 1. The van der Waals surface area contributed by atoms with Crippen molar-refractivity contribution in [2.24, 2.45) is 5.92 Å². The van der Waals surface area contributed by atoms with Gasteiger partial charge in [0.1, 0.15) is 5.82 Å². The first-order valence-corrected chi connectivity index (χ1v) is 7.02. The lowest BCUT2D eigenvalue weighted by molar-refractivity contribution is -0.138. The molecule has 0 unspecified atom stereocenters. The van der Waals surface area contributed by atoms with Gasteiger partial charge in [-0.05, 0) is 25.0 Å². The quantitative estimate of drug-likeness (QED) is 0.839. The lowest BCUT2D eigenvalue weighted by Gasteiger charge is -2.35. The number of hydrogen-bond acceptors (Lipinski definition) is 3. The predicted octanol–water partition coefficient (Wildman–Crippen LogP) is 2.16. The predicted molar refractivity (Wildman–Crippen MR) is 70.8 cm³/mol. The second-order valence-electron chi connectivity index (χ2n) is 5.49. The standard InChI is InChI=1S/C14H16F3N3O/c15-14(16,17)11-3-4-12(18-9-11)19-5-7-20(8-6-19)13(21)10-1-2-10/h3-4,9-10H,1-2,5-8H2. The van der Waals surface area contributed by atoms with E-state index in [1.807, 2.05) is 9.80 Å². The maximum Gasteiger partial charge on any atom is 0.417 e. The Labute approximate surface area is 120 Å². The summed E-state index contributed by atoms with van der Waals surface area (Å²) in [4.78, 5) is 19.6. The molecule has 0 spiro atoms. The Hall–Kier alpha value is -1.79. The zero-order chi connectivity index (χ0) is 15.0. The Balaban J connectivity index is 1.60. The number of piperazine rings is 1. The van der Waals surface area contributed by atoms with E-state index in [0.717, 1.165) is 25.1 Å². The van der Waals surface area contributed by atoms with Crippen LogP contribution in [0.25, 0.3) is 0 Å². The van der Waals surface area contributed by atoms with Gasteiger partial charge in [0.15, 0.2) is 0 Å². The molecular weight excluding hydrogens is 283 g/mol. The third-order valence-electron chi connectivity index (χ3n) is 3.92. The van der Waals surface area contributed by atoms with Crippen LogP contribution in [0.3, 0.4) is 0 Å². The van der Waals surface area contributed by atoms with Crippen molar-refractivity contribution in [2.75, 3.05) is 31.1 Å². The minimum Gasteiger partial charge on any atom is -0.353 e. The van der Waals surface area contributed by atoms with Gasteiger partial charge in [-0.3, -0.25) is 4.79 Å². The highest BCUT2D eigenvalue weighted by Gasteiger charge is 2.35. The zero-order valence-electron chi connectivity index (χ0n) is 11.4. The first kappa shape index (κ1) is 14.2. The van der Waals surface area contributed by atoms with E-state index in [4.69, 9.17) is 0 Å². The second kappa shape index (κ2) is 5.20. The summed E-state index contributed by atoms with van der Waals surface area (Å²) in [6, 6.07) is 2.44. The summed E-state index contributed by atoms with van der Waals surface area (Å²) in [5, 5.41) is 0. The number of nitrogens with zero attached hydrogens (tertiary/aromatic N) is 3. The molecule has 1 aromatic rings. The van der Waals surface area contributed by atoms with Crippen LogP contribution in [0, 0.1) is 5.92 Å². The third-order valence-corrected chi connectivity index (χ3v) is 3.92. The molecule has 0 N–H and O–H groups in total. The Bertz CT molecular complexity index is 517. The van der Waals surface area contributed by atoms with E-state index in [1.54, 1.807) is 0 Å². The molecule has 3 rings (SSSR count). The van der Waals surface area contributed by atoms with Crippen molar-refractivity contribution >= 4 is 11.7 Å². The van der Waals surface area contributed by atoms with E-state index >= 15 is 0 Å². The van der Waals surface area contributed by atoms with E-state index in [0.29, 0.717) is 32.0 Å². The molecule has 2 fully saturated rings. The van der Waals surface area contributed by atoms with Crippen molar-refractivity contribution in [1.29, 1.82) is 0 Å². The van der Waals surface area contributed by atoms with Crippen LogP contribution in [-0.2, 0) is 11.0 Å². The normalized spacial score (nSPS) is 19.8. The number of pyridine rings is 1. The van der Waals surface area contributed by atoms with Crippen LogP contribution in [0.1, 0.15) is 18.4 Å². The Kier molecular flexibility index (Phi) is 3.51. The van der Waals surface area contributed by atoms with Crippen LogP contribution in [0.5, 0.6) is 0 Å². The fourth-order valence-corrected chi connectivity index (χ4v) is 2.49. The number of rotatable bonds is 2. The molecule has 2 aliphatic rings. The lowest BCUT2D eigenvalue weighted by Crippen LogP contribution is -2.49. The molecule has 2 heterocycles. The van der Waals surface area contributed by atoms with Gasteiger partial charge in [0, 0.05) is 38.3 Å². The molecule has 1 aromatic heterocycles. The molecule has 21 heavy (non-hydrogen) atoms. The van der Waals surface area contributed by atoms with Crippen molar-refractivity contribution in [3.8, 4) is 0 Å². The summed E-state index contributed by atoms with van der Waals surface area (Å²) in [6.45, 7) is 2.43. The van der Waals surface area contributed by atoms with Gasteiger partial charge in [-0.1, -0.05) is 0 Å². The number of aromatic nitrogens is 1. The number of hydrogen-bond donors (Lipinski definition) is 0. The third kappa shape index (κ3) is 3.11. The topological polar surface area (TPSA) is 36.4 Å². The highest BCUT2D eigenvalue weighted by atomic mass is 19.4. The highest BCUT2D eigenvalue weighted by molar-refractivity contribution is 5.81. The van der Waals surface area contributed by atoms with Gasteiger partial charge in [0.25, 0.3) is 0 Å². The smallest absolute Gasteiger partial charge is 0.353 e. The van der Waals surface area contributed by atoms with Gasteiger partial charge in [-0.15, -0.1) is 0 Å². The molecule has 114 valence electrons. The molecule has 7 heteroatoms. The minimum atomic E-state index is -4.36. The summed E-state index contributed by atoms with van der Waals surface area (Å²) in [5.74, 6) is 0.956. The number of alkyl halides is 3. The zero-order valence-corrected chi connectivity index (χ0v) is 11.4. The van der Waals surface area contributed by atoms with Crippen LogP contribution in [-0.4, -0.2) is 42.0 Å². The SMILES string of the molecule is O=C(C1CC1)N1CCN(c2ccc(C(F)(F)F)cn2)CC1. The number of amides is 1. The summed E-state index contributed by atoms with van der Waals surface area (Å²) >= 11 is 0. The molecule has 1 saturated carbocycles. The van der Waals surface area contributed by atoms with E-state index in [9.17, 15) is 18.0 Å². The van der Waals surface area contributed by atoms with Crippen molar-refractivity contribution in [3.05, 3.63) is 23.9 Å². The molecule has 1 amide bonds. The van der Waals surface area contributed by atoms with Crippen molar-refractivity contribution < 1.29 is 18.0 Å². The van der Waals surface area contributed by atoms with E-state index in [-0.39, 0.29) is 11.8 Å². The molecular formula is C14H16F3N3O. The van der Waals surface area contributed by atoms with E-state index in [1.165, 1.54) is 6.07 Å². The average molecular weight is 299 g/mol. The van der Waals surface area contributed by atoms with Crippen LogP contribution < -0.4 is 4.90 Å². The molecule has 1 aliphatic heterocycles. The molecule has 4 nitrogen and oxygen atoms in total. The highest BCUT2D eigenvalue weighted by Crippen LogP contribution is 2.32. The average Bonchev–Trinajstić information content (AvgIpc) is 3.31. The van der Waals surface area contributed by atoms with Gasteiger partial charge in [0.2, 0.25) is 5.91 Å². The maximum absolute atomic E-state index is 12.5. The Morgan fingerprint density at radius 1 is 1.14 bits per heavy atom. The van der Waals surface area contributed by atoms with Crippen molar-refractivity contribution in [2.45, 2.75) is 19.0 Å². The number of anilines is 1. The Morgan fingerprint density at radius 2 is 1.81 bits per heavy atom. The van der Waals surface area contributed by atoms with Gasteiger partial charge in [-0.2, -0.15) is 13.2 Å². The maximum atomic E-state index is 12.5. The van der Waals surface area contributed by atoms with Crippen LogP contribution in [0.2, 0.25) is 0 Å². The minimum absolute atomic E-state index is 0.209. The van der Waals surface area contributed by atoms with Gasteiger partial charge < -0.3 is 9.80 Å². The van der Waals surface area contributed by atoms with Crippen molar-refractivity contribution in [3.63, 3.8) is 0 Å². The van der Waals surface area contributed by atoms with Crippen LogP contribution >= 0.6 is 0 Å². The van der Waals surface area contributed by atoms with Gasteiger partial charge in [0.05, 0.1) is 5.56 Å². The van der Waals surface area contributed by atoms with Gasteiger partial charge >= 0.3 is 6.18 Å². The summed E-state index contributed by atoms with van der Waals surface area (Å²) in [6.07, 6.45) is -1.53.